The number of pyridine rings is 1. The number of furan rings is 1. The molecule has 2 fully saturated rings. The first-order valence-corrected chi connectivity index (χ1v) is 13.0. The van der Waals surface area contributed by atoms with E-state index in [-0.39, 0.29) is 11.5 Å². The van der Waals surface area contributed by atoms with Gasteiger partial charge in [-0.3, -0.25) is 9.78 Å². The number of hydrogen-bond donors (Lipinski definition) is 2. The first-order chi connectivity index (χ1) is 18.6. The van der Waals surface area contributed by atoms with Gasteiger partial charge in [-0.2, -0.15) is 0 Å². The lowest BCUT2D eigenvalue weighted by Gasteiger charge is -2.35. The van der Waals surface area contributed by atoms with Crippen molar-refractivity contribution < 1.29 is 13.9 Å². The summed E-state index contributed by atoms with van der Waals surface area (Å²) in [7, 11) is 0. The lowest BCUT2D eigenvalue weighted by molar-refractivity contribution is -0.0425. The highest BCUT2D eigenvalue weighted by Gasteiger charge is 2.28. The number of aromatic nitrogens is 3. The maximum absolute atomic E-state index is 12.6. The summed E-state index contributed by atoms with van der Waals surface area (Å²) in [6.07, 6.45) is 4.92. The van der Waals surface area contributed by atoms with Gasteiger partial charge in [-0.05, 0) is 37.3 Å². The minimum Gasteiger partial charge on any atom is -0.459 e. The topological polar surface area (TPSA) is 109 Å². The third-order valence-corrected chi connectivity index (χ3v) is 7.14. The number of nitrogens with zero attached hydrogens (tertiary/aromatic N) is 5. The number of morpholine rings is 1. The summed E-state index contributed by atoms with van der Waals surface area (Å²) < 4.78 is 11.3. The van der Waals surface area contributed by atoms with E-state index in [4.69, 9.17) is 14.1 Å². The van der Waals surface area contributed by atoms with Crippen LogP contribution in [0.3, 0.4) is 0 Å². The van der Waals surface area contributed by atoms with Crippen molar-refractivity contribution in [3.63, 3.8) is 0 Å². The van der Waals surface area contributed by atoms with E-state index in [0.717, 1.165) is 54.2 Å². The van der Waals surface area contributed by atoms with E-state index in [9.17, 15) is 4.79 Å². The molecular formula is C28H31N7O3. The molecule has 2 aliphatic rings. The van der Waals surface area contributed by atoms with Crippen LogP contribution < -0.4 is 15.5 Å². The zero-order chi connectivity index (χ0) is 26.0. The zero-order valence-corrected chi connectivity index (χ0v) is 21.4. The molecule has 10 heteroatoms. The second-order valence-electron chi connectivity index (χ2n) is 9.91. The molecule has 4 aromatic rings. The van der Waals surface area contributed by atoms with Crippen molar-refractivity contribution in [3.8, 4) is 11.3 Å². The van der Waals surface area contributed by atoms with Crippen LogP contribution in [0.25, 0.3) is 22.3 Å². The molecule has 1 atom stereocenters. The Bertz CT molecular complexity index is 1390. The van der Waals surface area contributed by atoms with E-state index >= 15 is 0 Å². The van der Waals surface area contributed by atoms with E-state index in [1.165, 1.54) is 6.26 Å². The molecule has 1 aromatic carbocycles. The fraction of sp³-hybridized carbons (Fsp3) is 0.357. The number of anilines is 2. The number of carbonyl (C=O) groups excluding carboxylic acids is 1. The van der Waals surface area contributed by atoms with Crippen LogP contribution in [0, 0.1) is 0 Å². The van der Waals surface area contributed by atoms with E-state index in [1.54, 1.807) is 24.5 Å². The summed E-state index contributed by atoms with van der Waals surface area (Å²) in [5.41, 5.74) is 4.15. The molecule has 196 valence electrons. The van der Waals surface area contributed by atoms with Crippen molar-refractivity contribution >= 4 is 28.4 Å². The Morgan fingerprint density at radius 2 is 1.92 bits per heavy atom. The number of rotatable bonds is 6. The molecule has 6 rings (SSSR count). The van der Waals surface area contributed by atoms with E-state index in [2.05, 4.69) is 56.7 Å². The fourth-order valence-corrected chi connectivity index (χ4v) is 4.97. The Hall–Kier alpha value is -4.02. The maximum Gasteiger partial charge on any atom is 0.289 e. The molecule has 1 amide bonds. The SMILES string of the molecule is CC1(CNc2nc(-c3ccc(N4CCN(C(=O)c5ccco5)CC4)cc3)cc3nccnc23)CNCCO1. The molecule has 3 aromatic heterocycles. The van der Waals surface area contributed by atoms with Gasteiger partial charge in [0.25, 0.3) is 5.91 Å². The first-order valence-electron chi connectivity index (χ1n) is 13.0. The number of hydrogen-bond acceptors (Lipinski definition) is 9. The Morgan fingerprint density at radius 1 is 1.11 bits per heavy atom. The van der Waals surface area contributed by atoms with Crippen LogP contribution in [0.15, 0.2) is 65.5 Å². The molecule has 38 heavy (non-hydrogen) atoms. The second kappa shape index (κ2) is 10.4. The summed E-state index contributed by atoms with van der Waals surface area (Å²) >= 11 is 0. The highest BCUT2D eigenvalue weighted by Crippen LogP contribution is 2.28. The van der Waals surface area contributed by atoms with Gasteiger partial charge in [-0.25, -0.2) is 9.97 Å². The van der Waals surface area contributed by atoms with Crippen LogP contribution in [0.1, 0.15) is 17.5 Å². The van der Waals surface area contributed by atoms with Crippen LogP contribution >= 0.6 is 0 Å². The van der Waals surface area contributed by atoms with Crippen LogP contribution in [0.2, 0.25) is 0 Å². The second-order valence-corrected chi connectivity index (χ2v) is 9.91. The fourth-order valence-electron chi connectivity index (χ4n) is 4.97. The molecule has 0 spiro atoms. The minimum absolute atomic E-state index is 0.0554. The lowest BCUT2D eigenvalue weighted by atomic mass is 10.1. The van der Waals surface area contributed by atoms with Crippen molar-refractivity contribution in [3.05, 3.63) is 66.9 Å². The lowest BCUT2D eigenvalue weighted by Crippen LogP contribution is -2.51. The Kier molecular flexibility index (Phi) is 6.65. The van der Waals surface area contributed by atoms with Gasteiger partial charge in [-0.15, -0.1) is 0 Å². The van der Waals surface area contributed by atoms with Gasteiger partial charge in [0.1, 0.15) is 5.52 Å². The Balaban J connectivity index is 1.17. The molecule has 2 N–H and O–H groups in total. The highest BCUT2D eigenvalue weighted by molar-refractivity contribution is 5.91. The summed E-state index contributed by atoms with van der Waals surface area (Å²) in [6.45, 7) is 7.86. The van der Waals surface area contributed by atoms with Gasteiger partial charge in [-0.1, -0.05) is 12.1 Å². The summed E-state index contributed by atoms with van der Waals surface area (Å²) in [5.74, 6) is 1.03. The number of fused-ring (bicyclic) bond motifs is 1. The van der Waals surface area contributed by atoms with Gasteiger partial charge in [0.05, 0.1) is 29.7 Å². The normalized spacial score (nSPS) is 20.0. The zero-order valence-electron chi connectivity index (χ0n) is 21.4. The number of amides is 1. The predicted octanol–water partition coefficient (Wildman–Crippen LogP) is 3.04. The highest BCUT2D eigenvalue weighted by atomic mass is 16.5. The minimum atomic E-state index is -0.321. The number of ether oxygens (including phenoxy) is 1. The van der Waals surface area contributed by atoms with Gasteiger partial charge in [0.15, 0.2) is 11.6 Å². The monoisotopic (exact) mass is 513 g/mol. The standard InChI is InChI=1S/C28H31N7O3/c1-28(18-29-10-16-38-28)19-32-26-25-23(30-8-9-31-25)17-22(33-26)20-4-6-21(7-5-20)34-11-13-35(14-12-34)27(36)24-3-2-15-37-24/h2-9,15,17,29H,10-14,16,18-19H2,1H3,(H,32,33). The summed E-state index contributed by atoms with van der Waals surface area (Å²) in [5, 5.41) is 6.86. The number of carbonyl (C=O) groups is 1. The van der Waals surface area contributed by atoms with Crippen LogP contribution in [-0.4, -0.2) is 83.8 Å². The van der Waals surface area contributed by atoms with Crippen molar-refractivity contribution in [2.24, 2.45) is 0 Å². The average Bonchev–Trinajstić information content (AvgIpc) is 3.51. The predicted molar refractivity (Wildman–Crippen MR) is 145 cm³/mol. The summed E-state index contributed by atoms with van der Waals surface area (Å²) in [6, 6.07) is 13.8. The third kappa shape index (κ3) is 5.05. The molecule has 0 radical (unpaired) electrons. The van der Waals surface area contributed by atoms with Crippen molar-refractivity contribution in [1.29, 1.82) is 0 Å². The van der Waals surface area contributed by atoms with Gasteiger partial charge in [0, 0.05) is 69.5 Å². The number of benzene rings is 1. The summed E-state index contributed by atoms with van der Waals surface area (Å²) in [4.78, 5) is 30.7. The molecular weight excluding hydrogens is 482 g/mol. The number of piperazine rings is 1. The molecule has 2 saturated heterocycles. The molecule has 0 aliphatic carbocycles. The van der Waals surface area contributed by atoms with Gasteiger partial charge >= 0.3 is 0 Å². The average molecular weight is 514 g/mol. The molecule has 0 bridgehead atoms. The first kappa shape index (κ1) is 24.3. The third-order valence-electron chi connectivity index (χ3n) is 7.14. The quantitative estimate of drug-likeness (QED) is 0.402. The van der Waals surface area contributed by atoms with Crippen LogP contribution in [0.4, 0.5) is 11.5 Å². The smallest absolute Gasteiger partial charge is 0.289 e. The van der Waals surface area contributed by atoms with E-state index in [0.29, 0.717) is 37.8 Å². The Labute approximate surface area is 221 Å². The maximum atomic E-state index is 12.6. The van der Waals surface area contributed by atoms with Crippen molar-refractivity contribution in [1.82, 2.24) is 25.2 Å². The van der Waals surface area contributed by atoms with Gasteiger partial charge < -0.3 is 29.6 Å². The van der Waals surface area contributed by atoms with Crippen molar-refractivity contribution in [2.45, 2.75) is 12.5 Å². The van der Waals surface area contributed by atoms with Crippen LogP contribution in [-0.2, 0) is 4.74 Å². The molecule has 2 aliphatic heterocycles. The molecule has 10 nitrogen and oxygen atoms in total. The molecule has 1 unspecified atom stereocenters. The molecule has 5 heterocycles. The largest absolute Gasteiger partial charge is 0.459 e. The molecule has 0 saturated carbocycles. The Morgan fingerprint density at radius 3 is 2.66 bits per heavy atom. The number of nitrogens with one attached hydrogen (secondary N) is 2. The van der Waals surface area contributed by atoms with Crippen LogP contribution in [0.5, 0.6) is 0 Å². The van der Waals surface area contributed by atoms with Crippen molar-refractivity contribution in [2.75, 3.05) is 62.6 Å². The van der Waals surface area contributed by atoms with Gasteiger partial charge in [0.2, 0.25) is 0 Å². The van der Waals surface area contributed by atoms with E-state index < -0.39 is 0 Å². The van der Waals surface area contributed by atoms with E-state index in [1.807, 2.05) is 11.0 Å².